The molecule has 0 bridgehead atoms. The van der Waals surface area contributed by atoms with Crippen molar-refractivity contribution in [1.82, 2.24) is 8.97 Å². The van der Waals surface area contributed by atoms with Crippen LogP contribution in [0.5, 0.6) is 0 Å². The van der Waals surface area contributed by atoms with Gasteiger partial charge in [-0.3, -0.25) is 8.97 Å². The van der Waals surface area contributed by atoms with Crippen LogP contribution in [0.3, 0.4) is 0 Å². The Bertz CT molecular complexity index is 4550. The normalized spacial score (nSPS) is 15.9. The second-order valence-corrected chi connectivity index (χ2v) is 25.1. The smallest absolute Gasteiger partial charge is 0.259 e. The van der Waals surface area contributed by atoms with Gasteiger partial charge in [0.05, 0.1) is 27.6 Å². The van der Waals surface area contributed by atoms with Crippen LogP contribution in [-0.4, -0.2) is 15.7 Å². The van der Waals surface area contributed by atoms with Gasteiger partial charge in [0.15, 0.2) is 5.58 Å². The van der Waals surface area contributed by atoms with E-state index in [1.807, 2.05) is 0 Å². The van der Waals surface area contributed by atoms with E-state index in [2.05, 4.69) is 237 Å². The molecule has 6 aliphatic rings. The fourth-order valence-corrected chi connectivity index (χ4v) is 16.4. The molecule has 7 heterocycles. The van der Waals surface area contributed by atoms with E-state index in [0.29, 0.717) is 0 Å². The first-order valence-electron chi connectivity index (χ1n) is 27.1. The highest BCUT2D eigenvalue weighted by molar-refractivity contribution is 7.01. The average Bonchev–Trinajstić information content (AvgIpc) is 4.31. The fraction of sp³-hybridized carbons (Fsp3) is 0.171. The molecule has 75 heavy (non-hydrogen) atoms. The number of benzene rings is 9. The van der Waals surface area contributed by atoms with Gasteiger partial charge >= 0.3 is 0 Å². The molecular weight excluding hydrogens is 910 g/mol. The quantitative estimate of drug-likeness (QED) is 0.161. The van der Waals surface area contributed by atoms with E-state index in [9.17, 15) is 0 Å². The Kier molecular flexibility index (Phi) is 7.21. The lowest BCUT2D eigenvalue weighted by atomic mass is 9.33. The summed E-state index contributed by atoms with van der Waals surface area (Å²) in [6.07, 6.45) is 1.96. The molecule has 3 aromatic heterocycles. The Morgan fingerprint density at radius 2 is 0.960 bits per heavy atom. The zero-order chi connectivity index (χ0) is 49.8. The maximum absolute atomic E-state index is 7.50. The van der Waals surface area contributed by atoms with E-state index >= 15 is 0 Å². The molecule has 4 nitrogen and oxygen atoms in total. The largest absolute Gasteiger partial charge is 0.455 e. The van der Waals surface area contributed by atoms with Crippen LogP contribution in [0.25, 0.3) is 66.7 Å². The minimum Gasteiger partial charge on any atom is -0.455 e. The van der Waals surface area contributed by atoms with Crippen molar-refractivity contribution >= 4 is 78.9 Å². The first-order valence-corrected chi connectivity index (χ1v) is 27.1. The zero-order valence-corrected chi connectivity index (χ0v) is 43.1. The van der Waals surface area contributed by atoms with Gasteiger partial charge in [0.2, 0.25) is 0 Å². The van der Waals surface area contributed by atoms with E-state index in [-0.39, 0.29) is 17.5 Å². The molecule has 0 atom stereocenters. The van der Waals surface area contributed by atoms with Gasteiger partial charge in [0, 0.05) is 27.9 Å². The van der Waals surface area contributed by atoms with Crippen molar-refractivity contribution in [3.05, 3.63) is 238 Å². The van der Waals surface area contributed by atoms with Gasteiger partial charge < -0.3 is 9.32 Å². The number of hydrogen-bond donors (Lipinski definition) is 0. The molecule has 0 N–H and O–H groups in total. The number of para-hydroxylation sites is 2. The lowest BCUT2D eigenvalue weighted by molar-refractivity contribution is 0.411. The highest BCUT2D eigenvalue weighted by Crippen LogP contribution is 2.70. The van der Waals surface area contributed by atoms with Crippen molar-refractivity contribution in [3.8, 4) is 27.9 Å². The summed E-state index contributed by atoms with van der Waals surface area (Å²) >= 11 is 0. The van der Waals surface area contributed by atoms with Crippen molar-refractivity contribution in [2.24, 2.45) is 10.8 Å². The van der Waals surface area contributed by atoms with Crippen LogP contribution < -0.4 is 21.3 Å². The van der Waals surface area contributed by atoms with E-state index in [0.717, 1.165) is 24.0 Å². The predicted molar refractivity (Wildman–Crippen MR) is 309 cm³/mol. The monoisotopic (exact) mass is 961 g/mol. The minimum absolute atomic E-state index is 0.123. The standard InChI is InChI=1S/C70H52BN3O/c1-67(2,3)37-39-30-34-58-45(35-39)61-65(75-58)60-66-72(55-32-29-40(38-68(4,5)6)36-57(55)73(61)66)56-33-31-53-64-59(56)71(60)54-28-16-27-52-63(54)74(64)62-50(69(52)46-21-11-7-17-41(46)42-18-8-12-22-47(42)69)25-15-26-51(62)70(53)48-23-13-9-19-43(48)44-20-10-14-24-49(44)70/h7-36H,37-38H2,1-6H3. The second-order valence-electron chi connectivity index (χ2n) is 25.1. The number of imidazole rings is 1. The molecule has 0 fully saturated rings. The molecule has 5 heteroatoms. The lowest BCUT2D eigenvalue weighted by Crippen LogP contribution is -2.63. The summed E-state index contributed by atoms with van der Waals surface area (Å²) < 4.78 is 12.7. The van der Waals surface area contributed by atoms with Gasteiger partial charge in [-0.1, -0.05) is 193 Å². The van der Waals surface area contributed by atoms with Crippen LogP contribution in [0.15, 0.2) is 186 Å². The van der Waals surface area contributed by atoms with Crippen LogP contribution in [0.1, 0.15) is 97.2 Å². The fourth-order valence-electron chi connectivity index (χ4n) is 16.4. The van der Waals surface area contributed by atoms with Gasteiger partial charge in [-0.2, -0.15) is 0 Å². The molecule has 2 spiro atoms. The molecule has 0 radical (unpaired) electrons. The summed E-state index contributed by atoms with van der Waals surface area (Å²) in [5, 5.41) is 1.18. The maximum atomic E-state index is 7.50. The topological polar surface area (TPSA) is 25.7 Å². The Morgan fingerprint density at radius 1 is 0.453 bits per heavy atom. The Labute approximate surface area is 436 Å². The molecule has 356 valence electrons. The number of hydrogen-bond acceptors (Lipinski definition) is 2. The van der Waals surface area contributed by atoms with Gasteiger partial charge in [0.1, 0.15) is 16.7 Å². The Balaban J connectivity index is 1.06. The number of rotatable bonds is 2. The third-order valence-electron chi connectivity index (χ3n) is 18.5. The summed E-state index contributed by atoms with van der Waals surface area (Å²) in [4.78, 5) is 2.78. The van der Waals surface area contributed by atoms with Crippen LogP contribution in [0.4, 0.5) is 17.1 Å². The van der Waals surface area contributed by atoms with Crippen LogP contribution >= 0.6 is 0 Å². The molecule has 12 aromatic rings. The minimum atomic E-state index is -0.609. The molecular formula is C70H52BN3O. The number of aromatic nitrogens is 2. The number of anilines is 3. The SMILES string of the molecule is CC(C)(C)Cc1ccc2oc3c4c5n(c6ccc(CC(C)(C)C)cc6n5c3c2c1)-c1ccc2c3c1B4c1cccc4c1N3c1c(cccc1C21c2ccccc2-c2ccccc21)C41c2ccccc2-c2ccccc21. The predicted octanol–water partition coefficient (Wildman–Crippen LogP) is 14.9. The first-order chi connectivity index (χ1) is 36.5. The first kappa shape index (κ1) is 41.1. The van der Waals surface area contributed by atoms with Crippen LogP contribution in [-0.2, 0) is 23.7 Å². The van der Waals surface area contributed by atoms with Crippen molar-refractivity contribution in [3.63, 3.8) is 0 Å². The highest BCUT2D eigenvalue weighted by atomic mass is 16.3. The molecule has 0 unspecified atom stereocenters. The van der Waals surface area contributed by atoms with Crippen molar-refractivity contribution in [1.29, 1.82) is 0 Å². The molecule has 0 amide bonds. The summed E-state index contributed by atoms with van der Waals surface area (Å²) in [7, 11) is 0. The summed E-state index contributed by atoms with van der Waals surface area (Å²) in [5.41, 5.74) is 33.7. The van der Waals surface area contributed by atoms with Crippen molar-refractivity contribution in [2.45, 2.75) is 65.2 Å². The third-order valence-corrected chi connectivity index (χ3v) is 18.5. The average molecular weight is 962 g/mol. The number of nitrogens with zero attached hydrogens (tertiary/aromatic N) is 3. The van der Waals surface area contributed by atoms with E-state index < -0.39 is 10.8 Å². The van der Waals surface area contributed by atoms with Gasteiger partial charge in [-0.25, -0.2) is 0 Å². The maximum Gasteiger partial charge on any atom is 0.259 e. The number of furan rings is 1. The van der Waals surface area contributed by atoms with Crippen molar-refractivity contribution < 1.29 is 4.42 Å². The van der Waals surface area contributed by atoms with Gasteiger partial charge in [0.25, 0.3) is 6.71 Å². The third kappa shape index (κ3) is 4.61. The summed E-state index contributed by atoms with van der Waals surface area (Å²) in [5.74, 6) is 0. The molecule has 18 rings (SSSR count). The highest BCUT2D eigenvalue weighted by Gasteiger charge is 2.62. The number of fused-ring (bicyclic) bond motifs is 25. The van der Waals surface area contributed by atoms with Crippen molar-refractivity contribution in [2.75, 3.05) is 4.90 Å². The summed E-state index contributed by atoms with van der Waals surface area (Å²) in [6.45, 7) is 13.9. The van der Waals surface area contributed by atoms with Crippen LogP contribution in [0, 0.1) is 10.8 Å². The van der Waals surface area contributed by atoms with Gasteiger partial charge in [-0.05, 0) is 143 Å². The van der Waals surface area contributed by atoms with Gasteiger partial charge in [-0.15, -0.1) is 0 Å². The summed E-state index contributed by atoms with van der Waals surface area (Å²) in [6, 6.07) is 71.2. The molecule has 2 aliphatic carbocycles. The second kappa shape index (κ2) is 13.1. The molecule has 9 aromatic carbocycles. The lowest BCUT2D eigenvalue weighted by Gasteiger charge is -2.55. The zero-order valence-electron chi connectivity index (χ0n) is 43.1. The van der Waals surface area contributed by atoms with Crippen LogP contribution in [0.2, 0.25) is 0 Å². The van der Waals surface area contributed by atoms with E-state index in [1.54, 1.807) is 0 Å². The Morgan fingerprint density at radius 3 is 1.55 bits per heavy atom. The molecule has 0 saturated carbocycles. The van der Waals surface area contributed by atoms with E-state index in [1.165, 1.54) is 145 Å². The molecule has 4 aliphatic heterocycles. The molecule has 0 saturated heterocycles. The van der Waals surface area contributed by atoms with E-state index in [4.69, 9.17) is 4.42 Å². The Hall–Kier alpha value is -8.28.